The fourth-order valence-corrected chi connectivity index (χ4v) is 3.53. The molecule has 0 radical (unpaired) electrons. The number of nitrogens with one attached hydrogen (secondary N) is 3. The molecule has 2 unspecified atom stereocenters. The van der Waals surface area contributed by atoms with Gasteiger partial charge in [0.25, 0.3) is 0 Å². The van der Waals surface area contributed by atoms with Crippen LogP contribution < -0.4 is 16.0 Å². The topological polar surface area (TPSA) is 96.5 Å². The zero-order valence-corrected chi connectivity index (χ0v) is 20.8. The average Bonchev–Trinajstić information content (AvgIpc) is 2.79. The van der Waals surface area contributed by atoms with Gasteiger partial charge >= 0.3 is 0 Å². The lowest BCUT2D eigenvalue weighted by atomic mass is 9.94. The number of rotatable bonds is 12. The number of likely N-dealkylation sites (N-methyl/N-ethyl adjacent to an activating group) is 1. The first-order chi connectivity index (χ1) is 15.6. The summed E-state index contributed by atoms with van der Waals surface area (Å²) in [5.41, 5.74) is 2.22. The molecule has 0 aliphatic carbocycles. The number of methoxy groups -OCH3 is 1. The minimum Gasteiger partial charge on any atom is -0.381 e. The monoisotopic (exact) mass is 457 g/mol. The normalized spacial score (nSPS) is 16.4. The van der Waals surface area contributed by atoms with Crippen molar-refractivity contribution in [2.24, 2.45) is 11.8 Å². The highest BCUT2D eigenvalue weighted by Gasteiger charge is 2.25. The van der Waals surface area contributed by atoms with E-state index in [1.807, 2.05) is 37.3 Å². The van der Waals surface area contributed by atoms with Crippen LogP contribution in [0, 0.1) is 11.8 Å². The predicted octanol–water partition coefficient (Wildman–Crippen LogP) is 2.77. The van der Waals surface area contributed by atoms with Crippen molar-refractivity contribution < 1.29 is 19.1 Å². The van der Waals surface area contributed by atoms with Crippen LogP contribution in [0.25, 0.3) is 0 Å². The Morgan fingerprint density at radius 1 is 1.00 bits per heavy atom. The number of carbonyl (C=O) groups excluding carboxylic acids is 3. The van der Waals surface area contributed by atoms with Crippen LogP contribution in [0.1, 0.15) is 40.2 Å². The SMILES string of the molecule is CNC(=O)C(C)NC(=O)[C@@H](C)C(/C=C/C(C)=C/[C@H](C)[C@H](Cc1ccccc1)OC)NC(C)=O. The summed E-state index contributed by atoms with van der Waals surface area (Å²) < 4.78 is 5.72. The van der Waals surface area contributed by atoms with Crippen LogP contribution in [0.2, 0.25) is 0 Å². The van der Waals surface area contributed by atoms with Crippen molar-refractivity contribution in [1.82, 2.24) is 16.0 Å². The quantitative estimate of drug-likeness (QED) is 0.421. The van der Waals surface area contributed by atoms with Crippen LogP contribution in [0.3, 0.4) is 0 Å². The second-order valence-electron chi connectivity index (χ2n) is 8.45. The predicted molar refractivity (Wildman–Crippen MR) is 131 cm³/mol. The van der Waals surface area contributed by atoms with Crippen molar-refractivity contribution in [3.8, 4) is 0 Å². The van der Waals surface area contributed by atoms with E-state index in [4.69, 9.17) is 4.74 Å². The Bertz CT molecular complexity index is 835. The van der Waals surface area contributed by atoms with E-state index in [1.54, 1.807) is 21.0 Å². The van der Waals surface area contributed by atoms with Crippen molar-refractivity contribution >= 4 is 17.7 Å². The number of hydrogen-bond donors (Lipinski definition) is 3. The van der Waals surface area contributed by atoms with Crippen molar-refractivity contribution in [3.05, 3.63) is 59.7 Å². The maximum Gasteiger partial charge on any atom is 0.242 e. The van der Waals surface area contributed by atoms with E-state index in [-0.39, 0.29) is 29.7 Å². The minimum atomic E-state index is -0.662. The third kappa shape index (κ3) is 10.0. The summed E-state index contributed by atoms with van der Waals surface area (Å²) in [6.07, 6.45) is 6.67. The van der Waals surface area contributed by atoms with Gasteiger partial charge in [0.2, 0.25) is 17.7 Å². The Morgan fingerprint density at radius 2 is 1.64 bits per heavy atom. The molecule has 0 bridgehead atoms. The Morgan fingerprint density at radius 3 is 2.18 bits per heavy atom. The van der Waals surface area contributed by atoms with Gasteiger partial charge in [0, 0.05) is 27.0 Å². The van der Waals surface area contributed by atoms with Gasteiger partial charge in [-0.05, 0) is 25.8 Å². The molecule has 3 N–H and O–H groups in total. The zero-order valence-electron chi connectivity index (χ0n) is 20.8. The molecule has 1 aromatic carbocycles. The third-order valence-electron chi connectivity index (χ3n) is 5.58. The lowest BCUT2D eigenvalue weighted by Gasteiger charge is -2.23. The summed E-state index contributed by atoms with van der Waals surface area (Å²) in [4.78, 5) is 36.0. The minimum absolute atomic E-state index is 0.0257. The van der Waals surface area contributed by atoms with Gasteiger partial charge in [-0.1, -0.05) is 68.0 Å². The average molecular weight is 458 g/mol. The molecule has 1 aromatic rings. The molecular formula is C26H39N3O4. The highest BCUT2D eigenvalue weighted by atomic mass is 16.5. The maximum atomic E-state index is 12.6. The molecule has 0 aliphatic heterocycles. The molecule has 1 rings (SSSR count). The molecule has 3 amide bonds. The van der Waals surface area contributed by atoms with E-state index in [0.29, 0.717) is 0 Å². The molecule has 7 nitrogen and oxygen atoms in total. The fraction of sp³-hybridized carbons (Fsp3) is 0.500. The number of benzene rings is 1. The van der Waals surface area contributed by atoms with Crippen LogP contribution in [0.4, 0.5) is 0 Å². The smallest absolute Gasteiger partial charge is 0.242 e. The number of carbonyl (C=O) groups is 3. The molecular weight excluding hydrogens is 418 g/mol. The van der Waals surface area contributed by atoms with Gasteiger partial charge < -0.3 is 20.7 Å². The third-order valence-corrected chi connectivity index (χ3v) is 5.58. The Kier molecular flexibility index (Phi) is 12.1. The second-order valence-corrected chi connectivity index (χ2v) is 8.45. The molecule has 0 saturated heterocycles. The number of hydrogen-bond acceptors (Lipinski definition) is 4. The van der Waals surface area contributed by atoms with E-state index in [9.17, 15) is 14.4 Å². The van der Waals surface area contributed by atoms with E-state index in [1.165, 1.54) is 19.5 Å². The molecule has 0 saturated carbocycles. The summed E-state index contributed by atoms with van der Waals surface area (Å²) in [6.45, 7) is 8.83. The van der Waals surface area contributed by atoms with E-state index < -0.39 is 18.0 Å². The van der Waals surface area contributed by atoms with Crippen LogP contribution in [-0.2, 0) is 25.5 Å². The first-order valence-corrected chi connectivity index (χ1v) is 11.3. The standard InChI is InChI=1S/C26H39N3O4/c1-17(15-18(2)24(33-7)16-22-11-9-8-10-12-22)13-14-23(29-21(5)30)19(3)25(31)28-20(4)26(32)27-6/h8-15,18-20,23-24H,16H2,1-7H3,(H,27,32)(H,28,31)(H,29,30)/b14-13+,17-15+/t18-,19-,20?,23?,24-/m0/s1. The van der Waals surface area contributed by atoms with Crippen LogP contribution in [-0.4, -0.2) is 50.1 Å². The van der Waals surface area contributed by atoms with E-state index in [0.717, 1.165) is 12.0 Å². The molecule has 0 aromatic heterocycles. The van der Waals surface area contributed by atoms with Crippen LogP contribution >= 0.6 is 0 Å². The van der Waals surface area contributed by atoms with Crippen molar-refractivity contribution in [1.29, 1.82) is 0 Å². The lowest BCUT2D eigenvalue weighted by Crippen LogP contribution is -2.49. The van der Waals surface area contributed by atoms with Gasteiger partial charge in [0.1, 0.15) is 6.04 Å². The fourth-order valence-electron chi connectivity index (χ4n) is 3.53. The van der Waals surface area contributed by atoms with Crippen LogP contribution in [0.5, 0.6) is 0 Å². The summed E-state index contributed by atoms with van der Waals surface area (Å²) >= 11 is 0. The van der Waals surface area contributed by atoms with Gasteiger partial charge in [-0.3, -0.25) is 14.4 Å². The second kappa shape index (κ2) is 14.3. The van der Waals surface area contributed by atoms with Gasteiger partial charge in [0.05, 0.1) is 18.1 Å². The molecule has 0 spiro atoms. The van der Waals surface area contributed by atoms with Crippen molar-refractivity contribution in [2.75, 3.05) is 14.2 Å². The maximum absolute atomic E-state index is 12.6. The molecule has 7 heteroatoms. The van der Waals surface area contributed by atoms with Crippen LogP contribution in [0.15, 0.2) is 54.1 Å². The summed E-state index contributed by atoms with van der Waals surface area (Å²) in [5, 5.41) is 8.00. The first kappa shape index (κ1) is 28.1. The Balaban J connectivity index is 2.89. The van der Waals surface area contributed by atoms with Gasteiger partial charge in [-0.15, -0.1) is 0 Å². The summed E-state index contributed by atoms with van der Waals surface area (Å²) in [7, 11) is 3.23. The largest absolute Gasteiger partial charge is 0.381 e. The highest BCUT2D eigenvalue weighted by Crippen LogP contribution is 2.17. The lowest BCUT2D eigenvalue weighted by molar-refractivity contribution is -0.131. The molecule has 0 aliphatic rings. The highest BCUT2D eigenvalue weighted by molar-refractivity contribution is 5.88. The van der Waals surface area contributed by atoms with Crippen molar-refractivity contribution in [3.63, 3.8) is 0 Å². The Hall–Kier alpha value is -2.93. The van der Waals surface area contributed by atoms with Crippen molar-refractivity contribution in [2.45, 2.75) is 59.2 Å². The zero-order chi connectivity index (χ0) is 25.0. The molecule has 5 atom stereocenters. The number of amides is 3. The van der Waals surface area contributed by atoms with E-state index >= 15 is 0 Å². The van der Waals surface area contributed by atoms with Gasteiger partial charge in [-0.2, -0.15) is 0 Å². The Labute approximate surface area is 198 Å². The summed E-state index contributed by atoms with van der Waals surface area (Å²) in [6, 6.07) is 9.03. The number of allylic oxidation sites excluding steroid dienone is 2. The van der Waals surface area contributed by atoms with E-state index in [2.05, 4.69) is 41.1 Å². The summed E-state index contributed by atoms with van der Waals surface area (Å²) in [5.74, 6) is -1.23. The molecule has 33 heavy (non-hydrogen) atoms. The number of ether oxygens (including phenoxy) is 1. The molecule has 0 fully saturated rings. The molecule has 0 heterocycles. The van der Waals surface area contributed by atoms with Gasteiger partial charge in [-0.25, -0.2) is 0 Å². The molecule has 182 valence electrons. The van der Waals surface area contributed by atoms with Gasteiger partial charge in [0.15, 0.2) is 0 Å². The first-order valence-electron chi connectivity index (χ1n) is 11.3.